The molecule has 0 unspecified atom stereocenters. The SMILES string of the molecule is CCCCCOCC(=O)Nc1ccc(OCC(=O)O)c(Cl)c1. The molecule has 0 spiro atoms. The number of carboxylic acid groups (broad SMARTS) is 1. The molecule has 0 aliphatic carbocycles. The molecule has 0 saturated heterocycles. The van der Waals surface area contributed by atoms with Crippen molar-refractivity contribution >= 4 is 29.2 Å². The largest absolute Gasteiger partial charge is 0.480 e. The molecule has 0 aromatic heterocycles. The highest BCUT2D eigenvalue weighted by Crippen LogP contribution is 2.27. The van der Waals surface area contributed by atoms with Crippen LogP contribution in [-0.2, 0) is 14.3 Å². The van der Waals surface area contributed by atoms with Crippen LogP contribution in [0.4, 0.5) is 5.69 Å². The van der Waals surface area contributed by atoms with Gasteiger partial charge in [-0.25, -0.2) is 4.79 Å². The molecule has 2 N–H and O–H groups in total. The third kappa shape index (κ3) is 7.28. The molecule has 1 rings (SSSR count). The molecular weight excluding hydrogens is 310 g/mol. The Kier molecular flexibility index (Phi) is 8.32. The summed E-state index contributed by atoms with van der Waals surface area (Å²) in [5.41, 5.74) is 0.495. The summed E-state index contributed by atoms with van der Waals surface area (Å²) in [6, 6.07) is 4.58. The summed E-state index contributed by atoms with van der Waals surface area (Å²) in [6.45, 7) is 2.17. The molecule has 0 bridgehead atoms. The van der Waals surface area contributed by atoms with E-state index in [4.69, 9.17) is 26.2 Å². The van der Waals surface area contributed by atoms with E-state index in [-0.39, 0.29) is 23.3 Å². The van der Waals surface area contributed by atoms with Crippen LogP contribution in [0.15, 0.2) is 18.2 Å². The molecule has 1 aromatic rings. The molecule has 0 fully saturated rings. The fraction of sp³-hybridized carbons (Fsp3) is 0.467. The second kappa shape index (κ2) is 10.0. The number of hydrogen-bond acceptors (Lipinski definition) is 4. The fourth-order valence-corrected chi connectivity index (χ4v) is 1.89. The lowest BCUT2D eigenvalue weighted by Crippen LogP contribution is -2.18. The normalized spacial score (nSPS) is 10.3. The summed E-state index contributed by atoms with van der Waals surface area (Å²) < 4.78 is 10.2. The summed E-state index contributed by atoms with van der Waals surface area (Å²) in [5.74, 6) is -1.11. The topological polar surface area (TPSA) is 84.9 Å². The van der Waals surface area contributed by atoms with Crippen molar-refractivity contribution in [1.29, 1.82) is 0 Å². The number of anilines is 1. The minimum absolute atomic E-state index is 0.0153. The Hall–Kier alpha value is -1.79. The maximum absolute atomic E-state index is 11.7. The molecule has 22 heavy (non-hydrogen) atoms. The number of hydrogen-bond donors (Lipinski definition) is 2. The first-order valence-electron chi connectivity index (χ1n) is 7.04. The zero-order chi connectivity index (χ0) is 16.4. The Balaban J connectivity index is 2.40. The zero-order valence-electron chi connectivity index (χ0n) is 12.4. The van der Waals surface area contributed by atoms with Gasteiger partial charge in [0.2, 0.25) is 5.91 Å². The van der Waals surface area contributed by atoms with Gasteiger partial charge in [0.05, 0.1) is 5.02 Å². The monoisotopic (exact) mass is 329 g/mol. The number of halogens is 1. The summed E-state index contributed by atoms with van der Waals surface area (Å²) >= 11 is 5.96. The highest BCUT2D eigenvalue weighted by atomic mass is 35.5. The summed E-state index contributed by atoms with van der Waals surface area (Å²) in [5, 5.41) is 11.4. The van der Waals surface area contributed by atoms with Gasteiger partial charge in [0.25, 0.3) is 0 Å². The second-order valence-corrected chi connectivity index (χ2v) is 5.04. The molecule has 1 amide bonds. The molecule has 0 atom stereocenters. The summed E-state index contributed by atoms with van der Waals surface area (Å²) in [4.78, 5) is 22.1. The molecule has 0 radical (unpaired) electrons. The zero-order valence-corrected chi connectivity index (χ0v) is 13.2. The number of nitrogens with one attached hydrogen (secondary N) is 1. The van der Waals surface area contributed by atoms with Crippen LogP contribution in [0.2, 0.25) is 5.02 Å². The predicted molar refractivity (Wildman–Crippen MR) is 83.6 cm³/mol. The van der Waals surface area contributed by atoms with E-state index in [0.29, 0.717) is 12.3 Å². The van der Waals surface area contributed by atoms with Crippen molar-refractivity contribution in [3.05, 3.63) is 23.2 Å². The number of unbranched alkanes of at least 4 members (excludes halogenated alkanes) is 2. The predicted octanol–water partition coefficient (Wildman–Crippen LogP) is 2.95. The van der Waals surface area contributed by atoms with Crippen LogP contribution in [0, 0.1) is 0 Å². The van der Waals surface area contributed by atoms with Crippen LogP contribution in [0.25, 0.3) is 0 Å². The quantitative estimate of drug-likeness (QED) is 0.645. The lowest BCUT2D eigenvalue weighted by Gasteiger charge is -2.09. The minimum Gasteiger partial charge on any atom is -0.480 e. The first-order chi connectivity index (χ1) is 10.5. The molecule has 0 saturated carbocycles. The number of ether oxygens (including phenoxy) is 2. The van der Waals surface area contributed by atoms with Crippen molar-refractivity contribution in [3.63, 3.8) is 0 Å². The number of carbonyl (C=O) groups is 2. The molecule has 6 nitrogen and oxygen atoms in total. The van der Waals surface area contributed by atoms with Crippen molar-refractivity contribution in [3.8, 4) is 5.75 Å². The molecule has 7 heteroatoms. The smallest absolute Gasteiger partial charge is 0.341 e. The van der Waals surface area contributed by atoms with Gasteiger partial charge in [-0.2, -0.15) is 0 Å². The third-order valence-corrected chi connectivity index (χ3v) is 2.99. The van der Waals surface area contributed by atoms with E-state index in [0.717, 1.165) is 19.3 Å². The standard InChI is InChI=1S/C15H20ClNO5/c1-2-3-4-7-21-9-14(18)17-11-5-6-13(12(16)8-11)22-10-15(19)20/h5-6,8H,2-4,7,9-10H2,1H3,(H,17,18)(H,19,20). The summed E-state index contributed by atoms with van der Waals surface area (Å²) in [7, 11) is 0. The van der Waals surface area contributed by atoms with Crippen molar-refractivity contribution in [2.45, 2.75) is 26.2 Å². The lowest BCUT2D eigenvalue weighted by molar-refractivity contribution is -0.139. The average Bonchev–Trinajstić information content (AvgIpc) is 2.46. The van der Waals surface area contributed by atoms with Crippen molar-refractivity contribution in [2.24, 2.45) is 0 Å². The number of carboxylic acids is 1. The van der Waals surface area contributed by atoms with E-state index in [1.165, 1.54) is 12.1 Å². The van der Waals surface area contributed by atoms with E-state index >= 15 is 0 Å². The van der Waals surface area contributed by atoms with Gasteiger partial charge in [0, 0.05) is 12.3 Å². The Morgan fingerprint density at radius 3 is 2.68 bits per heavy atom. The van der Waals surface area contributed by atoms with Gasteiger partial charge < -0.3 is 19.9 Å². The lowest BCUT2D eigenvalue weighted by atomic mass is 10.3. The van der Waals surface area contributed by atoms with Gasteiger partial charge in [-0.15, -0.1) is 0 Å². The van der Waals surface area contributed by atoms with Crippen LogP contribution in [0.3, 0.4) is 0 Å². The highest BCUT2D eigenvalue weighted by Gasteiger charge is 2.08. The van der Waals surface area contributed by atoms with Crippen LogP contribution in [0.5, 0.6) is 5.75 Å². The Morgan fingerprint density at radius 1 is 1.27 bits per heavy atom. The van der Waals surface area contributed by atoms with Crippen LogP contribution >= 0.6 is 11.6 Å². The van der Waals surface area contributed by atoms with Gasteiger partial charge in [-0.05, 0) is 24.6 Å². The van der Waals surface area contributed by atoms with Crippen LogP contribution < -0.4 is 10.1 Å². The molecule has 1 aromatic carbocycles. The minimum atomic E-state index is -1.09. The number of benzene rings is 1. The molecule has 122 valence electrons. The van der Waals surface area contributed by atoms with Gasteiger partial charge in [-0.3, -0.25) is 4.79 Å². The average molecular weight is 330 g/mol. The summed E-state index contributed by atoms with van der Waals surface area (Å²) in [6.07, 6.45) is 3.12. The number of rotatable bonds is 10. The highest BCUT2D eigenvalue weighted by molar-refractivity contribution is 6.32. The maximum Gasteiger partial charge on any atom is 0.341 e. The first-order valence-corrected chi connectivity index (χ1v) is 7.42. The fourth-order valence-electron chi connectivity index (χ4n) is 1.65. The van der Waals surface area contributed by atoms with Crippen LogP contribution in [0.1, 0.15) is 26.2 Å². The molecular formula is C15H20ClNO5. The maximum atomic E-state index is 11.7. The van der Waals surface area contributed by atoms with Gasteiger partial charge in [-0.1, -0.05) is 31.4 Å². The van der Waals surface area contributed by atoms with E-state index < -0.39 is 12.6 Å². The Labute approximate surface area is 134 Å². The van der Waals surface area contributed by atoms with Crippen molar-refractivity contribution in [2.75, 3.05) is 25.1 Å². The van der Waals surface area contributed by atoms with Crippen molar-refractivity contribution < 1.29 is 24.2 Å². The van der Waals surface area contributed by atoms with Gasteiger partial charge in [0.15, 0.2) is 6.61 Å². The van der Waals surface area contributed by atoms with Crippen LogP contribution in [-0.4, -0.2) is 36.8 Å². The van der Waals surface area contributed by atoms with E-state index in [1.807, 2.05) is 0 Å². The molecule has 0 aliphatic rings. The molecule has 0 heterocycles. The van der Waals surface area contributed by atoms with E-state index in [2.05, 4.69) is 12.2 Å². The van der Waals surface area contributed by atoms with E-state index in [1.54, 1.807) is 6.07 Å². The number of carbonyl (C=O) groups excluding carboxylic acids is 1. The Bertz CT molecular complexity index is 507. The van der Waals surface area contributed by atoms with Gasteiger partial charge in [0.1, 0.15) is 12.4 Å². The number of aliphatic carboxylic acids is 1. The van der Waals surface area contributed by atoms with Gasteiger partial charge >= 0.3 is 5.97 Å². The number of amides is 1. The Morgan fingerprint density at radius 2 is 2.05 bits per heavy atom. The second-order valence-electron chi connectivity index (χ2n) is 4.64. The van der Waals surface area contributed by atoms with E-state index in [9.17, 15) is 9.59 Å². The first kappa shape index (κ1) is 18.3. The van der Waals surface area contributed by atoms with Crippen molar-refractivity contribution in [1.82, 2.24) is 0 Å². The third-order valence-electron chi connectivity index (χ3n) is 2.69. The molecule has 0 aliphatic heterocycles.